The zero-order valence-electron chi connectivity index (χ0n) is 14.6. The molecule has 0 radical (unpaired) electrons. The molecule has 2 heterocycles. The minimum atomic E-state index is -0.559. The van der Waals surface area contributed by atoms with Crippen molar-refractivity contribution in [3.8, 4) is 5.75 Å². The van der Waals surface area contributed by atoms with Crippen LogP contribution in [0, 0.1) is 0 Å². The molecule has 7 heteroatoms. The van der Waals surface area contributed by atoms with Crippen LogP contribution in [0.1, 0.15) is 32.4 Å². The van der Waals surface area contributed by atoms with Gasteiger partial charge in [0.15, 0.2) is 5.17 Å². The number of allylic oxidation sites excluding steroid dienone is 1. The zero-order chi connectivity index (χ0) is 18.1. The summed E-state index contributed by atoms with van der Waals surface area (Å²) >= 11 is 1.38. The number of ether oxygens (including phenoxy) is 2. The lowest BCUT2D eigenvalue weighted by Crippen LogP contribution is -2.40. The van der Waals surface area contributed by atoms with Gasteiger partial charge in [0.2, 0.25) is 5.91 Å². The molecule has 1 saturated heterocycles. The largest absolute Gasteiger partial charge is 0.497 e. The van der Waals surface area contributed by atoms with E-state index in [0.717, 1.165) is 5.56 Å². The summed E-state index contributed by atoms with van der Waals surface area (Å²) < 4.78 is 10.7. The summed E-state index contributed by atoms with van der Waals surface area (Å²) in [5.74, 6) is 0.459. The number of aliphatic imine (C=N–C) groups is 1. The Balaban J connectivity index is 2.12. The van der Waals surface area contributed by atoms with Crippen LogP contribution < -0.4 is 4.74 Å². The fraction of sp³-hybridized carbons (Fsp3) is 0.389. The van der Waals surface area contributed by atoms with E-state index in [-0.39, 0.29) is 12.0 Å². The molecule has 0 aromatic heterocycles. The zero-order valence-corrected chi connectivity index (χ0v) is 15.4. The molecule has 25 heavy (non-hydrogen) atoms. The van der Waals surface area contributed by atoms with Gasteiger partial charge in [-0.2, -0.15) is 0 Å². The first kappa shape index (κ1) is 17.5. The van der Waals surface area contributed by atoms with Crippen LogP contribution in [0.15, 0.2) is 40.5 Å². The van der Waals surface area contributed by atoms with Crippen molar-refractivity contribution in [2.75, 3.05) is 12.9 Å². The Kier molecular flexibility index (Phi) is 4.85. The lowest BCUT2D eigenvalue weighted by molar-refractivity contribution is -0.143. The van der Waals surface area contributed by atoms with Crippen LogP contribution in [-0.2, 0) is 14.3 Å². The van der Waals surface area contributed by atoms with Gasteiger partial charge in [0, 0.05) is 0 Å². The van der Waals surface area contributed by atoms with Gasteiger partial charge in [-0.25, -0.2) is 9.79 Å². The number of esters is 1. The van der Waals surface area contributed by atoms with Gasteiger partial charge in [-0.1, -0.05) is 23.9 Å². The second kappa shape index (κ2) is 6.92. The molecule has 0 N–H and O–H groups in total. The third kappa shape index (κ3) is 3.28. The maximum Gasteiger partial charge on any atom is 0.338 e. The van der Waals surface area contributed by atoms with Crippen LogP contribution in [0.25, 0.3) is 0 Å². The molecule has 1 aromatic rings. The van der Waals surface area contributed by atoms with Crippen molar-refractivity contribution >= 4 is 28.8 Å². The lowest BCUT2D eigenvalue weighted by atomic mass is 9.94. The minimum Gasteiger partial charge on any atom is -0.497 e. The molecule has 2 aliphatic heterocycles. The number of hydrogen-bond acceptors (Lipinski definition) is 6. The fourth-order valence-electron chi connectivity index (χ4n) is 2.91. The lowest BCUT2D eigenvalue weighted by Gasteiger charge is -2.33. The van der Waals surface area contributed by atoms with Crippen molar-refractivity contribution in [3.63, 3.8) is 0 Å². The first-order chi connectivity index (χ1) is 11.9. The van der Waals surface area contributed by atoms with E-state index < -0.39 is 12.0 Å². The van der Waals surface area contributed by atoms with Crippen LogP contribution in [-0.4, -0.2) is 40.9 Å². The number of rotatable bonds is 4. The van der Waals surface area contributed by atoms with Crippen LogP contribution >= 0.6 is 11.8 Å². The van der Waals surface area contributed by atoms with E-state index in [0.29, 0.717) is 27.9 Å². The molecule has 1 fully saturated rings. The number of amides is 1. The summed E-state index contributed by atoms with van der Waals surface area (Å²) in [5.41, 5.74) is 1.76. The maximum absolute atomic E-state index is 12.7. The van der Waals surface area contributed by atoms with E-state index in [4.69, 9.17) is 9.47 Å². The molecule has 1 aromatic carbocycles. The summed E-state index contributed by atoms with van der Waals surface area (Å²) in [6.07, 6.45) is -0.257. The third-order valence-electron chi connectivity index (χ3n) is 3.96. The van der Waals surface area contributed by atoms with Crippen LogP contribution in [0.3, 0.4) is 0 Å². The second-order valence-corrected chi connectivity index (χ2v) is 7.02. The van der Waals surface area contributed by atoms with Crippen molar-refractivity contribution < 1.29 is 19.1 Å². The molecule has 1 amide bonds. The normalized spacial score (nSPS) is 19.9. The Morgan fingerprint density at radius 2 is 2.16 bits per heavy atom. The molecule has 6 nitrogen and oxygen atoms in total. The van der Waals surface area contributed by atoms with Gasteiger partial charge in [0.05, 0.1) is 36.3 Å². The number of fused-ring (bicyclic) bond motifs is 1. The van der Waals surface area contributed by atoms with E-state index in [1.54, 1.807) is 32.8 Å². The molecule has 132 valence electrons. The molecule has 0 aliphatic carbocycles. The van der Waals surface area contributed by atoms with Gasteiger partial charge in [-0.05, 0) is 38.5 Å². The summed E-state index contributed by atoms with van der Waals surface area (Å²) in [7, 11) is 1.58. The average molecular weight is 360 g/mol. The van der Waals surface area contributed by atoms with Crippen molar-refractivity contribution in [1.82, 2.24) is 4.90 Å². The maximum atomic E-state index is 12.7. The first-order valence-corrected chi connectivity index (χ1v) is 9.00. The average Bonchev–Trinajstić information content (AvgIpc) is 2.93. The molecule has 0 saturated carbocycles. The summed E-state index contributed by atoms with van der Waals surface area (Å²) in [6.45, 7) is 5.36. The van der Waals surface area contributed by atoms with Gasteiger partial charge < -0.3 is 9.47 Å². The fourth-order valence-corrected chi connectivity index (χ4v) is 3.85. The number of carbonyl (C=O) groups excluding carboxylic acids is 2. The van der Waals surface area contributed by atoms with Gasteiger partial charge in [0.1, 0.15) is 5.75 Å². The number of methoxy groups -OCH3 is 1. The number of carbonyl (C=O) groups is 2. The Hall–Kier alpha value is -2.28. The summed E-state index contributed by atoms with van der Waals surface area (Å²) in [6, 6.07) is 6.82. The molecule has 0 spiro atoms. The van der Waals surface area contributed by atoms with E-state index in [9.17, 15) is 9.59 Å². The highest BCUT2D eigenvalue weighted by molar-refractivity contribution is 8.15. The summed E-state index contributed by atoms with van der Waals surface area (Å²) in [4.78, 5) is 31.2. The van der Waals surface area contributed by atoms with Gasteiger partial charge in [0.25, 0.3) is 0 Å². The third-order valence-corrected chi connectivity index (χ3v) is 4.89. The van der Waals surface area contributed by atoms with Crippen molar-refractivity contribution in [3.05, 3.63) is 41.1 Å². The van der Waals surface area contributed by atoms with Gasteiger partial charge >= 0.3 is 5.97 Å². The molecular formula is C18H20N2O4S. The van der Waals surface area contributed by atoms with Crippen molar-refractivity contribution in [2.24, 2.45) is 4.99 Å². The highest BCUT2D eigenvalue weighted by Gasteiger charge is 2.43. The van der Waals surface area contributed by atoms with E-state index in [2.05, 4.69) is 4.99 Å². The van der Waals surface area contributed by atoms with Crippen LogP contribution in [0.5, 0.6) is 5.75 Å². The number of hydrogen-bond donors (Lipinski definition) is 0. The summed E-state index contributed by atoms with van der Waals surface area (Å²) in [5, 5.41) is 0.622. The molecule has 0 unspecified atom stereocenters. The van der Waals surface area contributed by atoms with Gasteiger partial charge in [-0.15, -0.1) is 0 Å². The highest BCUT2D eigenvalue weighted by Crippen LogP contribution is 2.41. The SMILES string of the molecule is COc1cccc([C@H]2C(C(=O)OC(C)C)=C(C)N=C3SCC(=O)N32)c1. The Bertz CT molecular complexity index is 785. The molecular weight excluding hydrogens is 340 g/mol. The van der Waals surface area contributed by atoms with Crippen LogP contribution in [0.4, 0.5) is 0 Å². The standard InChI is InChI=1S/C18H20N2O4S/c1-10(2)24-17(22)15-11(3)19-18-20(14(21)9-25-18)16(15)12-6-5-7-13(8-12)23-4/h5-8,10,16H,9H2,1-4H3/t16-/m0/s1. The predicted molar refractivity (Wildman–Crippen MR) is 96.4 cm³/mol. The molecule has 1 atom stereocenters. The number of thioether (sulfide) groups is 1. The van der Waals surface area contributed by atoms with Crippen molar-refractivity contribution in [2.45, 2.75) is 32.9 Å². The van der Waals surface area contributed by atoms with E-state index in [1.807, 2.05) is 24.3 Å². The monoisotopic (exact) mass is 360 g/mol. The Morgan fingerprint density at radius 3 is 2.84 bits per heavy atom. The Morgan fingerprint density at radius 1 is 1.40 bits per heavy atom. The number of amidine groups is 1. The topological polar surface area (TPSA) is 68.2 Å². The molecule has 0 bridgehead atoms. The molecule has 3 rings (SSSR count). The van der Waals surface area contributed by atoms with E-state index in [1.165, 1.54) is 11.8 Å². The quantitative estimate of drug-likeness (QED) is 0.772. The molecule has 2 aliphatic rings. The minimum absolute atomic E-state index is 0.0704. The smallest absolute Gasteiger partial charge is 0.338 e. The van der Waals surface area contributed by atoms with E-state index >= 15 is 0 Å². The predicted octanol–water partition coefficient (Wildman–Crippen LogP) is 2.91. The number of nitrogens with zero attached hydrogens (tertiary/aromatic N) is 2. The van der Waals surface area contributed by atoms with Crippen molar-refractivity contribution in [1.29, 1.82) is 0 Å². The van der Waals surface area contributed by atoms with Crippen LogP contribution in [0.2, 0.25) is 0 Å². The number of benzene rings is 1. The van der Waals surface area contributed by atoms with Gasteiger partial charge in [-0.3, -0.25) is 9.69 Å². The Labute approximate surface area is 150 Å². The second-order valence-electron chi connectivity index (χ2n) is 6.08. The highest BCUT2D eigenvalue weighted by atomic mass is 32.2. The first-order valence-electron chi connectivity index (χ1n) is 8.01.